The highest BCUT2D eigenvalue weighted by Gasteiger charge is 2.47. The van der Waals surface area contributed by atoms with Crippen LogP contribution in [0.5, 0.6) is 11.5 Å². The van der Waals surface area contributed by atoms with Crippen molar-refractivity contribution in [2.75, 3.05) is 14.2 Å². The Bertz CT molecular complexity index is 799. The number of hydrazine groups is 1. The van der Waals surface area contributed by atoms with E-state index in [1.807, 2.05) is 25.1 Å². The Morgan fingerprint density at radius 2 is 2.00 bits per heavy atom. The summed E-state index contributed by atoms with van der Waals surface area (Å²) in [5.74, 6) is 1.37. The van der Waals surface area contributed by atoms with Gasteiger partial charge in [0.2, 0.25) is 0 Å². The minimum Gasteiger partial charge on any atom is -0.493 e. The van der Waals surface area contributed by atoms with Crippen molar-refractivity contribution in [1.82, 2.24) is 15.8 Å². The Morgan fingerprint density at radius 1 is 1.26 bits per heavy atom. The summed E-state index contributed by atoms with van der Waals surface area (Å²) in [6, 6.07) is 8.12. The summed E-state index contributed by atoms with van der Waals surface area (Å²) in [6.07, 6.45) is 1.46. The van der Waals surface area contributed by atoms with Gasteiger partial charge in [0.05, 0.1) is 20.3 Å². The second kappa shape index (κ2) is 7.89. The van der Waals surface area contributed by atoms with Crippen molar-refractivity contribution in [2.45, 2.75) is 51.2 Å². The van der Waals surface area contributed by atoms with Gasteiger partial charge in [0, 0.05) is 29.7 Å². The summed E-state index contributed by atoms with van der Waals surface area (Å²) in [6.45, 7) is 4.01. The minimum atomic E-state index is -0.189. The summed E-state index contributed by atoms with van der Waals surface area (Å²) < 4.78 is 10.8. The van der Waals surface area contributed by atoms with Crippen molar-refractivity contribution in [3.8, 4) is 17.6 Å². The van der Waals surface area contributed by atoms with Crippen LogP contribution in [0.1, 0.15) is 44.6 Å². The summed E-state index contributed by atoms with van der Waals surface area (Å²) >= 11 is 0. The van der Waals surface area contributed by atoms with E-state index in [1.165, 1.54) is 0 Å². The molecule has 0 spiro atoms. The third kappa shape index (κ3) is 3.33. The second-order valence-electron chi connectivity index (χ2n) is 6.81. The number of nitrogens with one attached hydrogen (secondary N) is 2. The quantitative estimate of drug-likeness (QED) is 0.800. The highest BCUT2D eigenvalue weighted by atomic mass is 16.5. The summed E-state index contributed by atoms with van der Waals surface area (Å²) in [4.78, 5) is 13.0. The van der Waals surface area contributed by atoms with Gasteiger partial charge in [0.15, 0.2) is 11.5 Å². The van der Waals surface area contributed by atoms with E-state index in [-0.39, 0.29) is 24.0 Å². The highest BCUT2D eigenvalue weighted by molar-refractivity contribution is 5.95. The molecule has 3 rings (SSSR count). The number of fused-ring (bicyclic) bond motifs is 1. The fourth-order valence-corrected chi connectivity index (χ4v) is 3.97. The van der Waals surface area contributed by atoms with Gasteiger partial charge in [-0.2, -0.15) is 5.26 Å². The number of allylic oxidation sites excluding steroid dienone is 1. The van der Waals surface area contributed by atoms with Gasteiger partial charge >= 0.3 is 0 Å². The molecule has 0 aromatic heterocycles. The maximum Gasteiger partial charge on any atom is 0.267 e. The Balaban J connectivity index is 1.96. The predicted molar refractivity (Wildman–Crippen MR) is 101 cm³/mol. The molecule has 7 nitrogen and oxygen atoms in total. The van der Waals surface area contributed by atoms with Crippen molar-refractivity contribution in [2.24, 2.45) is 0 Å². The molecule has 1 saturated heterocycles. The van der Waals surface area contributed by atoms with Gasteiger partial charge in [-0.15, -0.1) is 0 Å². The fraction of sp³-hybridized carbons (Fsp3) is 0.500. The molecule has 1 aromatic carbocycles. The van der Waals surface area contributed by atoms with Crippen LogP contribution in [0.15, 0.2) is 29.5 Å². The molecule has 27 heavy (non-hydrogen) atoms. The van der Waals surface area contributed by atoms with Gasteiger partial charge < -0.3 is 14.8 Å². The Labute approximate surface area is 159 Å². The Kier molecular flexibility index (Phi) is 5.57. The van der Waals surface area contributed by atoms with E-state index < -0.39 is 0 Å². The molecule has 2 N–H and O–H groups in total. The lowest BCUT2D eigenvalue weighted by Crippen LogP contribution is -2.54. The van der Waals surface area contributed by atoms with Gasteiger partial charge in [0.1, 0.15) is 6.17 Å². The Morgan fingerprint density at radius 3 is 2.63 bits per heavy atom. The van der Waals surface area contributed by atoms with Crippen molar-refractivity contribution in [3.05, 3.63) is 35.0 Å². The standard InChI is InChI=1S/C20H26N4O3/c1-5-15-18(13-8-9-16(26-3)17(11-13)27-4)19-22-12(2)14(7-6-10-21)20(25)24(19)23-15/h8-9,11,15,18-19,22-23H,5-7H2,1-4H3. The number of methoxy groups -OCH3 is 2. The van der Waals surface area contributed by atoms with Crippen LogP contribution in [0.3, 0.4) is 0 Å². The number of amides is 1. The number of ether oxygens (including phenoxy) is 2. The van der Waals surface area contributed by atoms with Crippen LogP contribution in [0.4, 0.5) is 0 Å². The lowest BCUT2D eigenvalue weighted by molar-refractivity contribution is -0.133. The average molecular weight is 370 g/mol. The lowest BCUT2D eigenvalue weighted by Gasteiger charge is -2.35. The van der Waals surface area contributed by atoms with Crippen LogP contribution < -0.4 is 20.2 Å². The monoisotopic (exact) mass is 370 g/mol. The molecule has 7 heteroatoms. The van der Waals surface area contributed by atoms with E-state index in [4.69, 9.17) is 14.7 Å². The number of rotatable bonds is 6. The van der Waals surface area contributed by atoms with Crippen LogP contribution >= 0.6 is 0 Å². The summed E-state index contributed by atoms with van der Waals surface area (Å²) in [5.41, 5.74) is 5.96. The van der Waals surface area contributed by atoms with Crippen molar-refractivity contribution < 1.29 is 14.3 Å². The van der Waals surface area contributed by atoms with Crippen molar-refractivity contribution in [3.63, 3.8) is 0 Å². The van der Waals surface area contributed by atoms with E-state index in [2.05, 4.69) is 23.7 Å². The number of hydrogen-bond donors (Lipinski definition) is 2. The largest absolute Gasteiger partial charge is 0.493 e. The van der Waals surface area contributed by atoms with Crippen LogP contribution in [-0.4, -0.2) is 37.3 Å². The van der Waals surface area contributed by atoms with Gasteiger partial charge in [-0.05, 0) is 37.5 Å². The lowest BCUT2D eigenvalue weighted by atomic mass is 9.87. The summed E-state index contributed by atoms with van der Waals surface area (Å²) in [5, 5.41) is 14.0. The maximum atomic E-state index is 13.0. The first-order chi connectivity index (χ1) is 13.0. The van der Waals surface area contributed by atoms with Crippen LogP contribution in [-0.2, 0) is 4.79 Å². The van der Waals surface area contributed by atoms with E-state index in [0.717, 1.165) is 17.7 Å². The number of nitrogens with zero attached hydrogens (tertiary/aromatic N) is 2. The molecule has 2 aliphatic heterocycles. The van der Waals surface area contributed by atoms with E-state index in [1.54, 1.807) is 19.2 Å². The first kappa shape index (κ1) is 19.1. The molecule has 1 fully saturated rings. The van der Waals surface area contributed by atoms with Gasteiger partial charge in [-0.3, -0.25) is 9.80 Å². The third-order valence-electron chi connectivity index (χ3n) is 5.37. The summed E-state index contributed by atoms with van der Waals surface area (Å²) in [7, 11) is 3.23. The maximum absolute atomic E-state index is 13.0. The number of carbonyl (C=O) groups excluding carboxylic acids is 1. The van der Waals surface area contributed by atoms with Gasteiger partial charge in [0.25, 0.3) is 5.91 Å². The van der Waals surface area contributed by atoms with Crippen LogP contribution in [0, 0.1) is 11.3 Å². The molecule has 1 amide bonds. The second-order valence-corrected chi connectivity index (χ2v) is 6.81. The number of benzene rings is 1. The molecule has 2 aliphatic rings. The van der Waals surface area contributed by atoms with E-state index in [0.29, 0.717) is 29.9 Å². The van der Waals surface area contributed by atoms with E-state index in [9.17, 15) is 4.79 Å². The normalized spacial score (nSPS) is 24.3. The number of nitriles is 1. The molecule has 2 heterocycles. The molecule has 0 bridgehead atoms. The van der Waals surface area contributed by atoms with E-state index >= 15 is 0 Å². The smallest absolute Gasteiger partial charge is 0.267 e. The number of hydrogen-bond acceptors (Lipinski definition) is 6. The third-order valence-corrected chi connectivity index (χ3v) is 5.37. The molecule has 0 saturated carbocycles. The first-order valence-corrected chi connectivity index (χ1v) is 9.20. The zero-order chi connectivity index (χ0) is 19.6. The topological polar surface area (TPSA) is 86.6 Å². The highest BCUT2D eigenvalue weighted by Crippen LogP contribution is 2.39. The average Bonchev–Trinajstić information content (AvgIpc) is 3.05. The van der Waals surface area contributed by atoms with Crippen molar-refractivity contribution in [1.29, 1.82) is 5.26 Å². The zero-order valence-electron chi connectivity index (χ0n) is 16.2. The molecule has 0 radical (unpaired) electrons. The molecule has 144 valence electrons. The first-order valence-electron chi connectivity index (χ1n) is 9.20. The van der Waals surface area contributed by atoms with Gasteiger partial charge in [-0.25, -0.2) is 5.43 Å². The van der Waals surface area contributed by atoms with Gasteiger partial charge in [-0.1, -0.05) is 13.0 Å². The van der Waals surface area contributed by atoms with Crippen LogP contribution in [0.25, 0.3) is 0 Å². The number of carbonyl (C=O) groups is 1. The zero-order valence-corrected chi connectivity index (χ0v) is 16.2. The molecule has 3 atom stereocenters. The van der Waals surface area contributed by atoms with Crippen LogP contribution in [0.2, 0.25) is 0 Å². The molecule has 1 aromatic rings. The predicted octanol–water partition coefficient (Wildman–Crippen LogP) is 2.42. The van der Waals surface area contributed by atoms with Crippen molar-refractivity contribution >= 4 is 5.91 Å². The molecular weight excluding hydrogens is 344 g/mol. The minimum absolute atomic E-state index is 0.0482. The SMILES string of the molecule is CCC1NN2C(=O)C(CCC#N)=C(C)NC2C1c1ccc(OC)c(OC)c1. The molecule has 3 unspecified atom stereocenters. The molecule has 0 aliphatic carbocycles. The Hall–Kier alpha value is -2.72. The molecular formula is C20H26N4O3. The fourth-order valence-electron chi connectivity index (χ4n) is 3.97.